The van der Waals surface area contributed by atoms with Gasteiger partial charge >= 0.3 is 0 Å². The number of fused-ring (bicyclic) bond motifs is 1. The van der Waals surface area contributed by atoms with Crippen molar-refractivity contribution in [3.8, 4) is 0 Å². The molecule has 104 valence electrons. The van der Waals surface area contributed by atoms with Crippen LogP contribution in [0.2, 0.25) is 0 Å². The Labute approximate surface area is 122 Å². The maximum atomic E-state index is 12.8. The average molecular weight is 277 g/mol. The predicted molar refractivity (Wildman–Crippen MR) is 82.9 cm³/mol. The van der Waals surface area contributed by atoms with Gasteiger partial charge in [0.1, 0.15) is 11.2 Å². The van der Waals surface area contributed by atoms with Crippen LogP contribution < -0.4 is 0 Å². The van der Waals surface area contributed by atoms with Crippen molar-refractivity contribution in [2.24, 2.45) is 0 Å². The first kappa shape index (κ1) is 13.2. The normalized spacial score (nSPS) is 10.6. The molecule has 0 bridgehead atoms. The van der Waals surface area contributed by atoms with Gasteiger partial charge in [0.15, 0.2) is 0 Å². The van der Waals surface area contributed by atoms with Gasteiger partial charge in [-0.1, -0.05) is 47.7 Å². The lowest BCUT2D eigenvalue weighted by Crippen LogP contribution is -2.12. The highest BCUT2D eigenvalue weighted by molar-refractivity contribution is 6.25. The van der Waals surface area contributed by atoms with E-state index >= 15 is 0 Å². The van der Waals surface area contributed by atoms with Crippen LogP contribution in [0.1, 0.15) is 24.2 Å². The first-order valence-electron chi connectivity index (χ1n) is 6.76. The Morgan fingerprint density at radius 2 is 1.62 bits per heavy atom. The summed E-state index contributed by atoms with van der Waals surface area (Å²) in [4.78, 5) is 12.8. The SMILES string of the molecule is CC(C)=C(C(=O)c1ccccc1)n1nnc2ccccc21. The van der Waals surface area contributed by atoms with E-state index in [0.29, 0.717) is 11.3 Å². The van der Waals surface area contributed by atoms with Crippen LogP contribution in [-0.4, -0.2) is 20.8 Å². The summed E-state index contributed by atoms with van der Waals surface area (Å²) in [5, 5.41) is 8.28. The molecule has 0 saturated heterocycles. The highest BCUT2D eigenvalue weighted by atomic mass is 16.1. The summed E-state index contributed by atoms with van der Waals surface area (Å²) in [5.41, 5.74) is 3.71. The number of carbonyl (C=O) groups is 1. The minimum atomic E-state index is -0.0498. The van der Waals surface area contributed by atoms with Gasteiger partial charge in [-0.2, -0.15) is 0 Å². The Morgan fingerprint density at radius 1 is 0.952 bits per heavy atom. The van der Waals surface area contributed by atoms with Crippen LogP contribution in [0.15, 0.2) is 60.2 Å². The second-order valence-electron chi connectivity index (χ2n) is 5.03. The molecule has 1 heterocycles. The fourth-order valence-electron chi connectivity index (χ4n) is 2.30. The summed E-state index contributed by atoms with van der Waals surface area (Å²) in [6, 6.07) is 16.8. The highest BCUT2D eigenvalue weighted by Crippen LogP contribution is 2.21. The molecule has 2 aromatic carbocycles. The summed E-state index contributed by atoms with van der Waals surface area (Å²) in [7, 11) is 0. The fourth-order valence-corrected chi connectivity index (χ4v) is 2.30. The molecule has 0 fully saturated rings. The molecule has 0 amide bonds. The van der Waals surface area contributed by atoms with Crippen molar-refractivity contribution >= 4 is 22.5 Å². The van der Waals surface area contributed by atoms with Crippen molar-refractivity contribution in [3.05, 3.63) is 65.7 Å². The number of carbonyl (C=O) groups excluding carboxylic acids is 1. The van der Waals surface area contributed by atoms with Crippen LogP contribution in [-0.2, 0) is 0 Å². The van der Waals surface area contributed by atoms with Crippen molar-refractivity contribution < 1.29 is 4.79 Å². The number of nitrogens with zero attached hydrogens (tertiary/aromatic N) is 3. The summed E-state index contributed by atoms with van der Waals surface area (Å²) >= 11 is 0. The quantitative estimate of drug-likeness (QED) is 0.543. The Hall–Kier alpha value is -2.75. The summed E-state index contributed by atoms with van der Waals surface area (Å²) in [6.07, 6.45) is 0. The molecule has 0 atom stereocenters. The van der Waals surface area contributed by atoms with E-state index in [2.05, 4.69) is 10.3 Å². The number of hydrogen-bond donors (Lipinski definition) is 0. The van der Waals surface area contributed by atoms with Gasteiger partial charge in [-0.15, -0.1) is 5.10 Å². The highest BCUT2D eigenvalue weighted by Gasteiger charge is 2.18. The minimum absolute atomic E-state index is 0.0498. The molecule has 3 rings (SSSR count). The summed E-state index contributed by atoms with van der Waals surface area (Å²) < 4.78 is 1.62. The van der Waals surface area contributed by atoms with Gasteiger partial charge in [0.25, 0.3) is 0 Å². The van der Waals surface area contributed by atoms with E-state index in [4.69, 9.17) is 0 Å². The van der Waals surface area contributed by atoms with Crippen molar-refractivity contribution in [1.82, 2.24) is 15.0 Å². The second kappa shape index (κ2) is 5.32. The Balaban J connectivity index is 2.17. The van der Waals surface area contributed by atoms with Crippen molar-refractivity contribution in [1.29, 1.82) is 0 Å². The molecular weight excluding hydrogens is 262 g/mol. The number of Topliss-reactive ketones (excluding diaryl/α,β-unsaturated/α-hetero) is 1. The van der Waals surface area contributed by atoms with E-state index < -0.39 is 0 Å². The van der Waals surface area contributed by atoms with Gasteiger partial charge in [0.2, 0.25) is 5.78 Å². The number of para-hydroxylation sites is 1. The first-order chi connectivity index (χ1) is 10.2. The number of rotatable bonds is 3. The van der Waals surface area contributed by atoms with Gasteiger partial charge in [-0.3, -0.25) is 4.79 Å². The Morgan fingerprint density at radius 3 is 2.33 bits per heavy atom. The third-order valence-electron chi connectivity index (χ3n) is 3.29. The standard InChI is InChI=1S/C17H15N3O/c1-12(2)16(17(21)13-8-4-3-5-9-13)20-15-11-7-6-10-14(15)18-19-20/h3-11H,1-2H3. The smallest absolute Gasteiger partial charge is 0.211 e. The molecule has 0 spiro atoms. The monoisotopic (exact) mass is 277 g/mol. The third kappa shape index (κ3) is 2.36. The topological polar surface area (TPSA) is 47.8 Å². The number of aromatic nitrogens is 3. The lowest BCUT2D eigenvalue weighted by atomic mass is 10.1. The van der Waals surface area contributed by atoms with Gasteiger partial charge in [0.05, 0.1) is 5.52 Å². The molecule has 0 N–H and O–H groups in total. The molecule has 0 aliphatic heterocycles. The van der Waals surface area contributed by atoms with E-state index in [9.17, 15) is 4.79 Å². The molecule has 4 heteroatoms. The first-order valence-corrected chi connectivity index (χ1v) is 6.76. The van der Waals surface area contributed by atoms with Crippen LogP contribution >= 0.6 is 0 Å². The largest absolute Gasteiger partial charge is 0.287 e. The molecule has 3 aromatic rings. The van der Waals surface area contributed by atoms with Crippen molar-refractivity contribution in [3.63, 3.8) is 0 Å². The summed E-state index contributed by atoms with van der Waals surface area (Å²) in [6.45, 7) is 3.82. The zero-order valence-electron chi connectivity index (χ0n) is 11.9. The van der Waals surface area contributed by atoms with Gasteiger partial charge in [-0.05, 0) is 31.6 Å². The lowest BCUT2D eigenvalue weighted by molar-refractivity contribution is 0.104. The van der Waals surface area contributed by atoms with Crippen molar-refractivity contribution in [2.45, 2.75) is 13.8 Å². The van der Waals surface area contributed by atoms with E-state index in [0.717, 1.165) is 16.6 Å². The van der Waals surface area contributed by atoms with Gasteiger partial charge < -0.3 is 0 Å². The van der Waals surface area contributed by atoms with E-state index in [1.54, 1.807) is 4.68 Å². The van der Waals surface area contributed by atoms with Crippen LogP contribution in [0, 0.1) is 0 Å². The van der Waals surface area contributed by atoms with Crippen LogP contribution in [0.25, 0.3) is 16.7 Å². The number of hydrogen-bond acceptors (Lipinski definition) is 3. The van der Waals surface area contributed by atoms with Crippen LogP contribution in [0.5, 0.6) is 0 Å². The maximum Gasteiger partial charge on any atom is 0.211 e. The van der Waals surface area contributed by atoms with Crippen molar-refractivity contribution in [2.75, 3.05) is 0 Å². The van der Waals surface area contributed by atoms with Gasteiger partial charge in [-0.25, -0.2) is 4.68 Å². The van der Waals surface area contributed by atoms with Crippen LogP contribution in [0.4, 0.5) is 0 Å². The average Bonchev–Trinajstić information content (AvgIpc) is 2.92. The Bertz CT molecular complexity index is 827. The lowest BCUT2D eigenvalue weighted by Gasteiger charge is -2.09. The third-order valence-corrected chi connectivity index (χ3v) is 3.29. The van der Waals surface area contributed by atoms with E-state index in [-0.39, 0.29) is 5.78 Å². The molecule has 1 aromatic heterocycles. The second-order valence-corrected chi connectivity index (χ2v) is 5.03. The molecule has 21 heavy (non-hydrogen) atoms. The zero-order chi connectivity index (χ0) is 14.8. The maximum absolute atomic E-state index is 12.8. The summed E-state index contributed by atoms with van der Waals surface area (Å²) in [5.74, 6) is -0.0498. The molecular formula is C17H15N3O. The molecule has 0 unspecified atom stereocenters. The zero-order valence-corrected chi connectivity index (χ0v) is 11.9. The van der Waals surface area contributed by atoms with Crippen LogP contribution in [0.3, 0.4) is 0 Å². The number of ketones is 1. The minimum Gasteiger partial charge on any atom is -0.287 e. The molecule has 0 aliphatic carbocycles. The Kier molecular flexibility index (Phi) is 3.36. The molecule has 4 nitrogen and oxygen atoms in total. The molecule has 0 saturated carbocycles. The molecule has 0 aliphatic rings. The number of benzene rings is 2. The molecule has 0 radical (unpaired) electrons. The van der Waals surface area contributed by atoms with E-state index in [1.807, 2.05) is 68.4 Å². The predicted octanol–water partition coefficient (Wildman–Crippen LogP) is 3.57. The number of allylic oxidation sites excluding steroid dienone is 2. The van der Waals surface area contributed by atoms with E-state index in [1.165, 1.54) is 0 Å². The van der Waals surface area contributed by atoms with Gasteiger partial charge in [0, 0.05) is 5.56 Å². The fraction of sp³-hybridized carbons (Fsp3) is 0.118.